The first-order valence-electron chi connectivity index (χ1n) is 10.4. The van der Waals surface area contributed by atoms with E-state index in [1.54, 1.807) is 4.90 Å². The van der Waals surface area contributed by atoms with Crippen LogP contribution in [0, 0.1) is 22.0 Å². The largest absolute Gasteiger partial charge is 0.444 e. The van der Waals surface area contributed by atoms with Gasteiger partial charge in [0.1, 0.15) is 11.4 Å². The normalized spacial score (nSPS) is 19.1. The lowest BCUT2D eigenvalue weighted by Crippen LogP contribution is -2.49. The van der Waals surface area contributed by atoms with Gasteiger partial charge in [-0.05, 0) is 45.6 Å². The number of carbonyl (C=O) groups is 1. The highest BCUT2D eigenvalue weighted by molar-refractivity contribution is 5.68. The third-order valence-corrected chi connectivity index (χ3v) is 5.49. The number of hydrogen-bond donors (Lipinski definition) is 0. The Labute approximate surface area is 175 Å². The summed E-state index contributed by atoms with van der Waals surface area (Å²) in [5, 5.41) is 10.7. The van der Waals surface area contributed by atoms with Crippen LogP contribution in [0.5, 0.6) is 0 Å². The number of nitrogens with zero attached hydrogens (tertiary/aromatic N) is 5. The predicted octanol–water partition coefficient (Wildman–Crippen LogP) is 2.90. The number of piperazine rings is 1. The molecule has 0 radical (unpaired) electrons. The number of halogens is 1. The highest BCUT2D eigenvalue weighted by Crippen LogP contribution is 2.23. The molecule has 0 bridgehead atoms. The van der Waals surface area contributed by atoms with E-state index >= 15 is 0 Å². The fraction of sp³-hybridized carbons (Fsp3) is 0.700. The van der Waals surface area contributed by atoms with Gasteiger partial charge in [-0.15, -0.1) is 0 Å². The molecule has 2 saturated heterocycles. The Balaban J connectivity index is 1.43. The Kier molecular flexibility index (Phi) is 6.74. The molecule has 3 rings (SSSR count). The molecule has 1 aromatic heterocycles. The molecule has 166 valence electrons. The lowest BCUT2D eigenvalue weighted by atomic mass is 9.96. The molecule has 0 aromatic carbocycles. The van der Waals surface area contributed by atoms with Crippen molar-refractivity contribution in [2.45, 2.75) is 39.2 Å². The van der Waals surface area contributed by atoms with E-state index in [4.69, 9.17) is 4.74 Å². The number of anilines is 1. The Morgan fingerprint density at radius 1 is 1.20 bits per heavy atom. The molecule has 2 fully saturated rings. The number of pyridine rings is 1. The Morgan fingerprint density at radius 3 is 2.37 bits per heavy atom. The summed E-state index contributed by atoms with van der Waals surface area (Å²) >= 11 is 0. The number of likely N-dealkylation sites (tertiary alicyclic amines) is 1. The lowest BCUT2D eigenvalue weighted by Gasteiger charge is -2.39. The van der Waals surface area contributed by atoms with Crippen LogP contribution in [0.4, 0.5) is 20.7 Å². The maximum atomic E-state index is 13.8. The second-order valence-corrected chi connectivity index (χ2v) is 8.93. The van der Waals surface area contributed by atoms with Gasteiger partial charge >= 0.3 is 11.8 Å². The third kappa shape index (κ3) is 5.78. The minimum atomic E-state index is -1.04. The highest BCUT2D eigenvalue weighted by atomic mass is 19.1. The summed E-state index contributed by atoms with van der Waals surface area (Å²) in [5.74, 6) is -0.0784. The van der Waals surface area contributed by atoms with Crippen LogP contribution < -0.4 is 4.90 Å². The molecule has 0 saturated carbocycles. The molecular formula is C20H30FN5O4. The number of amides is 1. The van der Waals surface area contributed by atoms with E-state index in [0.717, 1.165) is 32.5 Å². The summed E-state index contributed by atoms with van der Waals surface area (Å²) in [6, 6.07) is 2.67. The van der Waals surface area contributed by atoms with E-state index in [2.05, 4.69) is 9.88 Å². The van der Waals surface area contributed by atoms with Gasteiger partial charge in [-0.3, -0.25) is 15.0 Å². The molecule has 30 heavy (non-hydrogen) atoms. The van der Waals surface area contributed by atoms with Crippen LogP contribution in [0.1, 0.15) is 33.6 Å². The minimum Gasteiger partial charge on any atom is -0.444 e. The van der Waals surface area contributed by atoms with Gasteiger partial charge in [0.05, 0.1) is 4.92 Å². The molecule has 0 atom stereocenters. The van der Waals surface area contributed by atoms with Gasteiger partial charge in [-0.2, -0.15) is 9.37 Å². The Hall–Kier alpha value is -2.49. The van der Waals surface area contributed by atoms with E-state index in [-0.39, 0.29) is 6.09 Å². The van der Waals surface area contributed by atoms with Crippen LogP contribution in [-0.4, -0.2) is 77.2 Å². The summed E-state index contributed by atoms with van der Waals surface area (Å²) < 4.78 is 19.2. The number of hydrogen-bond acceptors (Lipinski definition) is 7. The van der Waals surface area contributed by atoms with E-state index in [1.807, 2.05) is 25.7 Å². The van der Waals surface area contributed by atoms with Crippen LogP contribution in [0.2, 0.25) is 0 Å². The van der Waals surface area contributed by atoms with Crippen molar-refractivity contribution in [3.05, 3.63) is 28.2 Å². The van der Waals surface area contributed by atoms with Crippen molar-refractivity contribution < 1.29 is 18.8 Å². The van der Waals surface area contributed by atoms with Gasteiger partial charge in [0.15, 0.2) is 0 Å². The fourth-order valence-electron chi connectivity index (χ4n) is 3.88. The van der Waals surface area contributed by atoms with Crippen molar-refractivity contribution in [2.75, 3.05) is 50.7 Å². The maximum Gasteiger partial charge on any atom is 0.410 e. The van der Waals surface area contributed by atoms with Gasteiger partial charge in [-0.25, -0.2) is 4.79 Å². The zero-order valence-electron chi connectivity index (χ0n) is 17.8. The van der Waals surface area contributed by atoms with Crippen LogP contribution >= 0.6 is 0 Å². The topological polar surface area (TPSA) is 92.0 Å². The summed E-state index contributed by atoms with van der Waals surface area (Å²) in [7, 11) is 0. The van der Waals surface area contributed by atoms with E-state index < -0.39 is 22.2 Å². The molecule has 0 spiro atoms. The number of piperidine rings is 1. The molecular weight excluding hydrogens is 393 g/mol. The molecule has 0 aliphatic carbocycles. The quantitative estimate of drug-likeness (QED) is 0.418. The van der Waals surface area contributed by atoms with Crippen molar-refractivity contribution in [2.24, 2.45) is 5.92 Å². The van der Waals surface area contributed by atoms with Crippen LogP contribution in [0.3, 0.4) is 0 Å². The molecule has 2 aliphatic heterocycles. The zero-order chi connectivity index (χ0) is 21.9. The van der Waals surface area contributed by atoms with Crippen LogP contribution in [0.15, 0.2) is 12.1 Å². The van der Waals surface area contributed by atoms with Crippen molar-refractivity contribution in [1.82, 2.24) is 14.8 Å². The molecule has 9 nitrogen and oxygen atoms in total. The van der Waals surface area contributed by atoms with Gasteiger partial charge in [0.2, 0.25) is 0 Å². The van der Waals surface area contributed by atoms with Gasteiger partial charge < -0.3 is 14.5 Å². The second kappa shape index (κ2) is 9.11. The summed E-state index contributed by atoms with van der Waals surface area (Å²) in [5.41, 5.74) is -1.08. The fourth-order valence-corrected chi connectivity index (χ4v) is 3.88. The SMILES string of the molecule is CC(C)(C)OC(=O)N1CCC(CN2CCN(c3ccc([N+](=O)[O-])c(F)n3)CC2)CC1. The summed E-state index contributed by atoms with van der Waals surface area (Å²) in [6.45, 7) is 11.1. The number of aromatic nitrogens is 1. The van der Waals surface area contributed by atoms with Crippen molar-refractivity contribution in [1.29, 1.82) is 0 Å². The second-order valence-electron chi connectivity index (χ2n) is 8.93. The molecule has 3 heterocycles. The monoisotopic (exact) mass is 423 g/mol. The molecule has 10 heteroatoms. The Morgan fingerprint density at radius 2 is 1.83 bits per heavy atom. The standard InChI is InChI=1S/C20H30FN5O4/c1-20(2,3)30-19(27)25-8-6-15(7-9-25)14-23-10-12-24(13-11-23)17-5-4-16(26(28)29)18(21)22-17/h4-5,15H,6-14H2,1-3H3. The zero-order valence-corrected chi connectivity index (χ0v) is 17.8. The minimum absolute atomic E-state index is 0.239. The van der Waals surface area contributed by atoms with Crippen LogP contribution in [0.25, 0.3) is 0 Å². The Bertz CT molecular complexity index is 769. The third-order valence-electron chi connectivity index (χ3n) is 5.49. The number of carbonyl (C=O) groups excluding carboxylic acids is 1. The average molecular weight is 423 g/mol. The number of ether oxygens (including phenoxy) is 1. The number of rotatable bonds is 4. The predicted molar refractivity (Wildman–Crippen MR) is 110 cm³/mol. The first kappa shape index (κ1) is 22.2. The summed E-state index contributed by atoms with van der Waals surface area (Å²) in [6.07, 6.45) is 1.67. The molecule has 2 aliphatic rings. The first-order valence-corrected chi connectivity index (χ1v) is 10.4. The maximum absolute atomic E-state index is 13.8. The van der Waals surface area contributed by atoms with Gasteiger partial charge in [0, 0.05) is 51.9 Å². The highest BCUT2D eigenvalue weighted by Gasteiger charge is 2.29. The smallest absolute Gasteiger partial charge is 0.410 e. The van der Waals surface area contributed by atoms with E-state index in [9.17, 15) is 19.3 Å². The van der Waals surface area contributed by atoms with E-state index in [1.165, 1.54) is 12.1 Å². The molecule has 1 aromatic rings. The van der Waals surface area contributed by atoms with Crippen molar-refractivity contribution in [3.63, 3.8) is 0 Å². The number of nitro groups is 1. The molecule has 0 unspecified atom stereocenters. The molecule has 0 N–H and O–H groups in total. The van der Waals surface area contributed by atoms with Crippen LogP contribution in [-0.2, 0) is 4.74 Å². The average Bonchev–Trinajstić information content (AvgIpc) is 2.67. The lowest BCUT2D eigenvalue weighted by molar-refractivity contribution is -0.388. The van der Waals surface area contributed by atoms with Crippen molar-refractivity contribution >= 4 is 17.6 Å². The van der Waals surface area contributed by atoms with Gasteiger partial charge in [0.25, 0.3) is 5.95 Å². The summed E-state index contributed by atoms with van der Waals surface area (Å²) in [4.78, 5) is 32.0. The van der Waals surface area contributed by atoms with Crippen molar-refractivity contribution in [3.8, 4) is 0 Å². The first-order chi connectivity index (χ1) is 14.1. The van der Waals surface area contributed by atoms with Gasteiger partial charge in [-0.1, -0.05) is 0 Å². The van der Waals surface area contributed by atoms with E-state index in [0.29, 0.717) is 37.9 Å². The molecule has 1 amide bonds.